The van der Waals surface area contributed by atoms with Crippen molar-refractivity contribution in [1.82, 2.24) is 0 Å². The first-order valence-corrected chi connectivity index (χ1v) is 23.2. The summed E-state index contributed by atoms with van der Waals surface area (Å²) in [5.74, 6) is 0. The summed E-state index contributed by atoms with van der Waals surface area (Å²) in [4.78, 5) is 4.87. The van der Waals surface area contributed by atoms with Crippen LogP contribution in [0.3, 0.4) is 0 Å². The fourth-order valence-corrected chi connectivity index (χ4v) is 11.1. The minimum atomic E-state index is -0.578. The quantitative estimate of drug-likeness (QED) is 0.150. The number of hydrogen-bond acceptors (Lipinski definition) is 2. The predicted molar refractivity (Wildman–Crippen MR) is 280 cm³/mol. The number of nitrogens with zero attached hydrogens (tertiary/aromatic N) is 2. The Morgan fingerprint density at radius 2 is 0.627 bits per heavy atom. The van der Waals surface area contributed by atoms with Gasteiger partial charge in [0.05, 0.1) is 11.1 Å². The topological polar surface area (TPSA) is 6.48 Å². The maximum absolute atomic E-state index is 2.49. The molecule has 0 fully saturated rings. The van der Waals surface area contributed by atoms with Gasteiger partial charge in [0.25, 0.3) is 0 Å². The van der Waals surface area contributed by atoms with Crippen LogP contribution in [-0.2, 0) is 5.41 Å². The van der Waals surface area contributed by atoms with Crippen molar-refractivity contribution in [3.05, 3.63) is 289 Å². The van der Waals surface area contributed by atoms with Crippen LogP contribution in [0.5, 0.6) is 0 Å². The highest BCUT2D eigenvalue weighted by Crippen LogP contribution is 2.64. The Bertz CT molecular complexity index is 3480. The van der Waals surface area contributed by atoms with Crippen molar-refractivity contribution in [1.29, 1.82) is 0 Å². The second-order valence-electron chi connectivity index (χ2n) is 17.6. The number of rotatable bonds is 8. The number of fused-ring (bicyclic) bond motifs is 11. The number of anilines is 6. The standard InChI is InChI=1S/C65H44N2/c1-4-17-45(18-5-1)47-31-35-51(36-32-47)66(52-37-33-48(34-38-52)46-19-6-2-7-20-46)53-39-41-58-59-42-40-54(67(50-23-8-3-9-24-50)64-30-16-22-49-21-10-11-25-55(49)64)44-63(59)65(62(58)43-53)60-28-14-12-26-56(60)57-27-13-15-29-61(57)65/h1-44H. The fraction of sp³-hybridized carbons (Fsp3) is 0.0154. The highest BCUT2D eigenvalue weighted by molar-refractivity contribution is 6.01. The molecule has 1 spiro atoms. The molecular weight excluding hydrogens is 809 g/mol. The number of hydrogen-bond donors (Lipinski definition) is 0. The Labute approximate surface area is 391 Å². The zero-order valence-corrected chi connectivity index (χ0v) is 36.8. The summed E-state index contributed by atoms with van der Waals surface area (Å²) in [6, 6.07) is 98.1. The van der Waals surface area contributed by atoms with Gasteiger partial charge in [0.15, 0.2) is 0 Å². The van der Waals surface area contributed by atoms with Crippen molar-refractivity contribution in [2.24, 2.45) is 0 Å². The van der Waals surface area contributed by atoms with E-state index in [4.69, 9.17) is 0 Å². The molecule has 11 aromatic carbocycles. The first-order valence-electron chi connectivity index (χ1n) is 23.2. The molecule has 2 aliphatic carbocycles. The van der Waals surface area contributed by atoms with Gasteiger partial charge in [-0.15, -0.1) is 0 Å². The summed E-state index contributed by atoms with van der Waals surface area (Å²) in [5, 5.41) is 2.42. The third-order valence-corrected chi connectivity index (χ3v) is 14.1. The molecule has 0 saturated carbocycles. The lowest BCUT2D eigenvalue weighted by Crippen LogP contribution is -2.26. The van der Waals surface area contributed by atoms with E-state index in [9.17, 15) is 0 Å². The van der Waals surface area contributed by atoms with E-state index in [1.807, 2.05) is 0 Å². The van der Waals surface area contributed by atoms with E-state index in [-0.39, 0.29) is 0 Å². The number of para-hydroxylation sites is 1. The largest absolute Gasteiger partial charge is 0.310 e. The fourth-order valence-electron chi connectivity index (χ4n) is 11.1. The molecule has 0 unspecified atom stereocenters. The molecule has 0 aliphatic heterocycles. The molecule has 0 saturated heterocycles. The minimum Gasteiger partial charge on any atom is -0.310 e. The van der Waals surface area contributed by atoms with Gasteiger partial charge in [-0.3, -0.25) is 0 Å². The van der Waals surface area contributed by atoms with Crippen LogP contribution in [0, 0.1) is 0 Å². The van der Waals surface area contributed by atoms with E-state index >= 15 is 0 Å². The van der Waals surface area contributed by atoms with Crippen LogP contribution >= 0.6 is 0 Å². The molecule has 67 heavy (non-hydrogen) atoms. The van der Waals surface area contributed by atoms with Crippen LogP contribution in [0.2, 0.25) is 0 Å². The smallest absolute Gasteiger partial charge is 0.0727 e. The van der Waals surface area contributed by atoms with Gasteiger partial charge < -0.3 is 9.80 Å². The Morgan fingerprint density at radius 1 is 0.239 bits per heavy atom. The predicted octanol–water partition coefficient (Wildman–Crippen LogP) is 17.5. The van der Waals surface area contributed by atoms with E-state index in [0.29, 0.717) is 0 Å². The molecule has 0 amide bonds. The van der Waals surface area contributed by atoms with Crippen molar-refractivity contribution in [2.75, 3.05) is 9.80 Å². The van der Waals surface area contributed by atoms with Gasteiger partial charge in [-0.2, -0.15) is 0 Å². The van der Waals surface area contributed by atoms with E-state index in [0.717, 1.165) is 34.1 Å². The Kier molecular flexibility index (Phi) is 9.11. The van der Waals surface area contributed by atoms with Gasteiger partial charge in [-0.05, 0) is 139 Å². The monoisotopic (exact) mass is 852 g/mol. The van der Waals surface area contributed by atoms with Crippen molar-refractivity contribution in [2.45, 2.75) is 5.41 Å². The Morgan fingerprint density at radius 3 is 1.18 bits per heavy atom. The molecule has 0 aromatic heterocycles. The molecular formula is C65H44N2. The Hall–Kier alpha value is -8.72. The average Bonchev–Trinajstić information content (AvgIpc) is 3.87. The van der Waals surface area contributed by atoms with Gasteiger partial charge in [-0.1, -0.05) is 200 Å². The van der Waals surface area contributed by atoms with Crippen molar-refractivity contribution < 1.29 is 0 Å². The minimum absolute atomic E-state index is 0.578. The van der Waals surface area contributed by atoms with Crippen molar-refractivity contribution >= 4 is 44.9 Å². The van der Waals surface area contributed by atoms with E-state index in [2.05, 4.69) is 277 Å². The molecule has 13 rings (SSSR count). The summed E-state index contributed by atoms with van der Waals surface area (Å²) in [7, 11) is 0. The van der Waals surface area contributed by atoms with Crippen LogP contribution in [0.15, 0.2) is 267 Å². The Balaban J connectivity index is 1.04. The lowest BCUT2D eigenvalue weighted by Gasteiger charge is -2.33. The van der Waals surface area contributed by atoms with Gasteiger partial charge >= 0.3 is 0 Å². The lowest BCUT2D eigenvalue weighted by molar-refractivity contribution is 0.793. The van der Waals surface area contributed by atoms with Crippen LogP contribution in [0.1, 0.15) is 22.3 Å². The third kappa shape index (κ3) is 6.18. The zero-order chi connectivity index (χ0) is 44.3. The van der Waals surface area contributed by atoms with Crippen LogP contribution in [0.4, 0.5) is 34.1 Å². The molecule has 11 aromatic rings. The molecule has 314 valence electrons. The second-order valence-corrected chi connectivity index (χ2v) is 17.6. The summed E-state index contributed by atoms with van der Waals surface area (Å²) in [6.07, 6.45) is 0. The first-order chi connectivity index (χ1) is 33.2. The zero-order valence-electron chi connectivity index (χ0n) is 36.8. The molecule has 2 nitrogen and oxygen atoms in total. The molecule has 2 aliphatic rings. The van der Waals surface area contributed by atoms with Gasteiger partial charge in [0, 0.05) is 33.8 Å². The molecule has 0 heterocycles. The summed E-state index contributed by atoms with van der Waals surface area (Å²) >= 11 is 0. The average molecular weight is 853 g/mol. The molecule has 0 radical (unpaired) electrons. The van der Waals surface area contributed by atoms with E-state index < -0.39 is 5.41 Å². The van der Waals surface area contributed by atoms with Crippen LogP contribution in [0.25, 0.3) is 55.3 Å². The lowest BCUT2D eigenvalue weighted by atomic mass is 9.70. The molecule has 0 N–H and O–H groups in total. The summed E-state index contributed by atoms with van der Waals surface area (Å²) < 4.78 is 0. The molecule has 0 atom stereocenters. The van der Waals surface area contributed by atoms with Gasteiger partial charge in [-0.25, -0.2) is 0 Å². The summed E-state index contributed by atoms with van der Waals surface area (Å²) in [6.45, 7) is 0. The van der Waals surface area contributed by atoms with Crippen molar-refractivity contribution in [3.63, 3.8) is 0 Å². The van der Waals surface area contributed by atoms with Gasteiger partial charge in [0.2, 0.25) is 0 Å². The molecule has 2 heteroatoms. The number of benzene rings is 11. The van der Waals surface area contributed by atoms with Crippen LogP contribution < -0.4 is 9.80 Å². The molecule has 0 bridgehead atoms. The van der Waals surface area contributed by atoms with Gasteiger partial charge in [0.1, 0.15) is 0 Å². The van der Waals surface area contributed by atoms with E-state index in [1.54, 1.807) is 0 Å². The summed E-state index contributed by atoms with van der Waals surface area (Å²) in [5.41, 5.74) is 21.2. The van der Waals surface area contributed by atoms with Crippen LogP contribution in [-0.4, -0.2) is 0 Å². The maximum atomic E-state index is 2.49. The van der Waals surface area contributed by atoms with E-state index in [1.165, 1.54) is 77.5 Å². The highest BCUT2D eigenvalue weighted by Gasteiger charge is 2.52. The normalized spacial score (nSPS) is 12.6. The SMILES string of the molecule is c1ccc(-c2ccc(N(c3ccc(-c4ccccc4)cc3)c3ccc4c(c3)C3(c5ccccc5-c5ccccc53)c3cc(N(c5ccccc5)c5cccc6ccccc56)ccc3-4)cc2)cc1. The third-order valence-electron chi connectivity index (χ3n) is 14.1. The first kappa shape index (κ1) is 38.7. The second kappa shape index (κ2) is 15.8. The highest BCUT2D eigenvalue weighted by atomic mass is 15.1. The maximum Gasteiger partial charge on any atom is 0.0727 e. The van der Waals surface area contributed by atoms with Crippen molar-refractivity contribution in [3.8, 4) is 44.5 Å².